The first-order valence-corrected chi connectivity index (χ1v) is 9.19. The van der Waals surface area contributed by atoms with E-state index in [2.05, 4.69) is 25.7 Å². The highest BCUT2D eigenvalue weighted by atomic mass is 16.6. The Labute approximate surface area is 163 Å². The molecule has 0 unspecified atom stereocenters. The zero-order valence-corrected chi connectivity index (χ0v) is 16.6. The molecule has 0 bridgehead atoms. The maximum absolute atomic E-state index is 12.2. The van der Waals surface area contributed by atoms with Crippen molar-refractivity contribution in [1.82, 2.24) is 25.7 Å². The Hall–Kier alpha value is -2.91. The van der Waals surface area contributed by atoms with Gasteiger partial charge in [0.05, 0.1) is 12.4 Å². The third-order valence-corrected chi connectivity index (χ3v) is 4.67. The van der Waals surface area contributed by atoms with Gasteiger partial charge in [-0.1, -0.05) is 0 Å². The molecule has 2 saturated heterocycles. The number of hydrogen-bond acceptors (Lipinski definition) is 7. The molecular weight excluding hydrogens is 364 g/mol. The van der Waals surface area contributed by atoms with Crippen LogP contribution in [-0.2, 0) is 9.53 Å². The summed E-state index contributed by atoms with van der Waals surface area (Å²) in [6.07, 6.45) is 3.60. The van der Waals surface area contributed by atoms with E-state index in [4.69, 9.17) is 4.74 Å². The van der Waals surface area contributed by atoms with E-state index in [1.807, 2.05) is 20.8 Å². The van der Waals surface area contributed by atoms with Crippen molar-refractivity contribution in [3.05, 3.63) is 18.1 Å². The van der Waals surface area contributed by atoms with Crippen molar-refractivity contribution in [3.8, 4) is 0 Å². The number of likely N-dealkylation sites (tertiary alicyclic amines) is 1. The van der Waals surface area contributed by atoms with Gasteiger partial charge in [0.25, 0.3) is 5.91 Å². The van der Waals surface area contributed by atoms with Crippen LogP contribution in [0.25, 0.3) is 0 Å². The molecule has 1 aromatic heterocycles. The number of nitrogens with zero attached hydrogens (tertiary/aromatic N) is 4. The maximum atomic E-state index is 12.2. The normalized spacial score (nSPS) is 17.9. The van der Waals surface area contributed by atoms with Crippen molar-refractivity contribution in [3.63, 3.8) is 0 Å². The predicted molar refractivity (Wildman–Crippen MR) is 100 cm³/mol. The highest BCUT2D eigenvalue weighted by molar-refractivity contribution is 5.93. The lowest BCUT2D eigenvalue weighted by atomic mass is 9.79. The molecular formula is C18H26N6O4. The largest absolute Gasteiger partial charge is 0.444 e. The molecule has 1 aromatic rings. The molecule has 0 aliphatic carbocycles. The maximum Gasteiger partial charge on any atom is 0.410 e. The number of anilines is 1. The number of rotatable bonds is 2. The molecule has 2 N–H and O–H groups in total. The number of aromatic nitrogens is 2. The van der Waals surface area contributed by atoms with Crippen molar-refractivity contribution in [2.45, 2.75) is 39.7 Å². The summed E-state index contributed by atoms with van der Waals surface area (Å²) in [6, 6.07) is 0. The number of ether oxygens (including phenoxy) is 1. The van der Waals surface area contributed by atoms with Crippen LogP contribution in [-0.4, -0.2) is 64.6 Å². The first-order chi connectivity index (χ1) is 13.1. The van der Waals surface area contributed by atoms with Crippen LogP contribution in [0.15, 0.2) is 12.4 Å². The topological polar surface area (TPSA) is 117 Å². The fourth-order valence-corrected chi connectivity index (χ4v) is 3.43. The molecule has 152 valence electrons. The molecule has 0 saturated carbocycles. The third-order valence-electron chi connectivity index (χ3n) is 4.67. The molecule has 28 heavy (non-hydrogen) atoms. The lowest BCUT2D eigenvalue weighted by molar-refractivity contribution is -0.119. The molecule has 2 fully saturated rings. The van der Waals surface area contributed by atoms with Crippen LogP contribution in [0.3, 0.4) is 0 Å². The number of hydrazine groups is 1. The number of carbonyl (C=O) groups is 3. The van der Waals surface area contributed by atoms with Crippen molar-refractivity contribution >= 4 is 23.7 Å². The SMILES string of the molecule is CC(=O)NNC(=O)c1cncc(N2CCC3(CN(C(=O)OC(C)(C)C)C3)C2)n1. The molecule has 0 radical (unpaired) electrons. The van der Waals surface area contributed by atoms with Crippen LogP contribution in [0.1, 0.15) is 44.6 Å². The van der Waals surface area contributed by atoms with E-state index in [1.54, 1.807) is 11.1 Å². The lowest BCUT2D eigenvalue weighted by Crippen LogP contribution is -2.60. The number of hydrogen-bond donors (Lipinski definition) is 2. The van der Waals surface area contributed by atoms with Gasteiger partial charge < -0.3 is 14.5 Å². The van der Waals surface area contributed by atoms with E-state index in [-0.39, 0.29) is 23.1 Å². The molecule has 3 rings (SSSR count). The monoisotopic (exact) mass is 390 g/mol. The van der Waals surface area contributed by atoms with Gasteiger partial charge in [0.1, 0.15) is 11.4 Å². The fraction of sp³-hybridized carbons (Fsp3) is 0.611. The van der Waals surface area contributed by atoms with Crippen LogP contribution in [0.4, 0.5) is 10.6 Å². The van der Waals surface area contributed by atoms with Crippen molar-refractivity contribution in [1.29, 1.82) is 0 Å². The number of carbonyl (C=O) groups excluding carboxylic acids is 3. The lowest BCUT2D eigenvalue weighted by Gasteiger charge is -2.47. The van der Waals surface area contributed by atoms with E-state index < -0.39 is 11.5 Å². The fourth-order valence-electron chi connectivity index (χ4n) is 3.43. The van der Waals surface area contributed by atoms with E-state index in [9.17, 15) is 14.4 Å². The Bertz CT molecular complexity index is 785. The molecule has 2 aliphatic heterocycles. The van der Waals surface area contributed by atoms with Gasteiger partial charge in [-0.15, -0.1) is 0 Å². The summed E-state index contributed by atoms with van der Waals surface area (Å²) in [5, 5.41) is 0. The van der Waals surface area contributed by atoms with Crippen LogP contribution < -0.4 is 15.8 Å². The second kappa shape index (κ2) is 7.25. The molecule has 10 heteroatoms. The van der Waals surface area contributed by atoms with Gasteiger partial charge in [-0.3, -0.25) is 25.4 Å². The quantitative estimate of drug-likeness (QED) is 0.714. The van der Waals surface area contributed by atoms with Gasteiger partial charge in [0.2, 0.25) is 5.91 Å². The minimum atomic E-state index is -0.529. The van der Waals surface area contributed by atoms with Gasteiger partial charge in [-0.25, -0.2) is 9.78 Å². The minimum Gasteiger partial charge on any atom is -0.444 e. The van der Waals surface area contributed by atoms with Gasteiger partial charge in [0.15, 0.2) is 5.69 Å². The Kier molecular flexibility index (Phi) is 5.14. The number of nitrogens with one attached hydrogen (secondary N) is 2. The molecule has 0 aromatic carbocycles. The third kappa shape index (κ3) is 4.49. The highest BCUT2D eigenvalue weighted by Gasteiger charge is 2.50. The van der Waals surface area contributed by atoms with Crippen molar-refractivity contribution < 1.29 is 19.1 Å². The van der Waals surface area contributed by atoms with Crippen LogP contribution in [0.2, 0.25) is 0 Å². The summed E-state index contributed by atoms with van der Waals surface area (Å²) >= 11 is 0. The summed E-state index contributed by atoms with van der Waals surface area (Å²) in [4.78, 5) is 47.3. The first-order valence-electron chi connectivity index (χ1n) is 9.19. The molecule has 1 spiro atoms. The average molecular weight is 390 g/mol. The zero-order valence-electron chi connectivity index (χ0n) is 16.6. The molecule has 0 atom stereocenters. The second-order valence-corrected chi connectivity index (χ2v) is 8.41. The Balaban J connectivity index is 1.58. The van der Waals surface area contributed by atoms with Crippen LogP contribution >= 0.6 is 0 Å². The molecule has 3 amide bonds. The molecule has 10 nitrogen and oxygen atoms in total. The van der Waals surface area contributed by atoms with Crippen LogP contribution in [0, 0.1) is 5.41 Å². The van der Waals surface area contributed by atoms with E-state index in [0.717, 1.165) is 19.5 Å². The minimum absolute atomic E-state index is 0.0209. The summed E-state index contributed by atoms with van der Waals surface area (Å²) in [5.74, 6) is -0.306. The summed E-state index contributed by atoms with van der Waals surface area (Å²) in [7, 11) is 0. The number of amides is 3. The first kappa shape index (κ1) is 19.8. The molecule has 3 heterocycles. The summed E-state index contributed by atoms with van der Waals surface area (Å²) in [6.45, 7) is 9.65. The summed E-state index contributed by atoms with van der Waals surface area (Å²) < 4.78 is 5.41. The average Bonchev–Trinajstić information content (AvgIpc) is 3.02. The zero-order chi connectivity index (χ0) is 20.5. The van der Waals surface area contributed by atoms with E-state index in [1.165, 1.54) is 13.1 Å². The predicted octanol–water partition coefficient (Wildman–Crippen LogP) is 0.705. The summed E-state index contributed by atoms with van der Waals surface area (Å²) in [5.41, 5.74) is 4.14. The Morgan fingerprint density at radius 2 is 1.86 bits per heavy atom. The standard InChI is InChI=1S/C18H26N6O4/c1-12(25)21-22-15(26)13-7-19-8-14(20-13)23-6-5-18(9-23)10-24(11-18)16(27)28-17(2,3)4/h7-8H,5-6,9-11H2,1-4H3,(H,21,25)(H,22,26). The van der Waals surface area contributed by atoms with Gasteiger partial charge in [-0.2, -0.15) is 0 Å². The van der Waals surface area contributed by atoms with Crippen molar-refractivity contribution in [2.24, 2.45) is 5.41 Å². The van der Waals surface area contributed by atoms with Gasteiger partial charge in [-0.05, 0) is 27.2 Å². The van der Waals surface area contributed by atoms with E-state index >= 15 is 0 Å². The van der Waals surface area contributed by atoms with Crippen molar-refractivity contribution in [2.75, 3.05) is 31.1 Å². The van der Waals surface area contributed by atoms with Crippen LogP contribution in [0.5, 0.6) is 0 Å². The Morgan fingerprint density at radius 3 is 2.50 bits per heavy atom. The Morgan fingerprint density at radius 1 is 1.14 bits per heavy atom. The smallest absolute Gasteiger partial charge is 0.410 e. The molecule has 2 aliphatic rings. The van der Waals surface area contributed by atoms with Gasteiger partial charge in [0, 0.05) is 38.5 Å². The van der Waals surface area contributed by atoms with Gasteiger partial charge >= 0.3 is 6.09 Å². The van der Waals surface area contributed by atoms with E-state index in [0.29, 0.717) is 18.9 Å². The second-order valence-electron chi connectivity index (χ2n) is 8.41. The highest BCUT2D eigenvalue weighted by Crippen LogP contribution is 2.41.